The summed E-state index contributed by atoms with van der Waals surface area (Å²) in [5.74, 6) is -0.0514. The minimum atomic E-state index is -0.847. The van der Waals surface area contributed by atoms with Crippen molar-refractivity contribution in [2.45, 2.75) is 398 Å². The summed E-state index contributed by atoms with van der Waals surface area (Å²) in [6.45, 7) is 4.94. The Labute approximate surface area is 475 Å². The maximum Gasteiger partial charge on any atom is 0.305 e. The van der Waals surface area contributed by atoms with Crippen LogP contribution >= 0.6 is 0 Å². The number of amides is 1. The summed E-state index contributed by atoms with van der Waals surface area (Å²) in [5, 5.41) is 23.2. The Bertz CT molecular complexity index is 1190. The lowest BCUT2D eigenvalue weighted by molar-refractivity contribution is -0.143. The molecule has 0 aliphatic carbocycles. The molecular formula is C70H135NO5. The van der Waals surface area contributed by atoms with Gasteiger partial charge in [0.1, 0.15) is 0 Å². The molecule has 6 nitrogen and oxygen atoms in total. The molecule has 0 heterocycles. The van der Waals surface area contributed by atoms with Crippen molar-refractivity contribution < 1.29 is 24.5 Å². The number of esters is 1. The zero-order valence-corrected chi connectivity index (χ0v) is 51.5. The van der Waals surface area contributed by atoms with Crippen molar-refractivity contribution in [2.75, 3.05) is 13.2 Å². The van der Waals surface area contributed by atoms with Crippen LogP contribution in [0.25, 0.3) is 0 Å². The van der Waals surface area contributed by atoms with Gasteiger partial charge in [-0.1, -0.05) is 340 Å². The lowest BCUT2D eigenvalue weighted by Gasteiger charge is -2.20. The first-order valence-electron chi connectivity index (χ1n) is 34.6. The number of ether oxygens (including phenoxy) is 1. The molecule has 450 valence electrons. The van der Waals surface area contributed by atoms with Gasteiger partial charge < -0.3 is 20.3 Å². The highest BCUT2D eigenvalue weighted by Crippen LogP contribution is 2.18. The van der Waals surface area contributed by atoms with Gasteiger partial charge in [-0.05, 0) is 57.8 Å². The predicted octanol–water partition coefficient (Wildman–Crippen LogP) is 22.1. The molecule has 76 heavy (non-hydrogen) atoms. The molecule has 0 aliphatic heterocycles. The Morgan fingerprint density at radius 1 is 0.355 bits per heavy atom. The predicted molar refractivity (Wildman–Crippen MR) is 333 cm³/mol. The van der Waals surface area contributed by atoms with Gasteiger partial charge in [-0.2, -0.15) is 0 Å². The third-order valence-corrected chi connectivity index (χ3v) is 16.2. The van der Waals surface area contributed by atoms with Gasteiger partial charge in [-0.25, -0.2) is 0 Å². The number of hydrogen-bond acceptors (Lipinski definition) is 5. The molecule has 0 saturated heterocycles. The van der Waals surface area contributed by atoms with E-state index in [0.717, 1.165) is 38.5 Å². The lowest BCUT2D eigenvalue weighted by Crippen LogP contribution is -2.45. The van der Waals surface area contributed by atoms with Crippen molar-refractivity contribution in [1.29, 1.82) is 0 Å². The number of aliphatic hydroxyl groups is 2. The molecule has 0 aromatic rings. The lowest BCUT2D eigenvalue weighted by atomic mass is 10.0. The average molecular weight is 1070 g/mol. The summed E-state index contributed by atoms with van der Waals surface area (Å²) < 4.78 is 5.49. The number of unbranched alkanes of at least 4 members (excludes halogenated alkanes) is 52. The van der Waals surface area contributed by atoms with E-state index in [1.54, 1.807) is 6.08 Å². The van der Waals surface area contributed by atoms with Crippen LogP contribution in [0.4, 0.5) is 0 Å². The highest BCUT2D eigenvalue weighted by Gasteiger charge is 2.18. The maximum absolute atomic E-state index is 12.5. The fourth-order valence-corrected chi connectivity index (χ4v) is 10.9. The molecule has 1 amide bonds. The molecule has 3 N–H and O–H groups in total. The first-order valence-corrected chi connectivity index (χ1v) is 34.6. The number of nitrogens with one attached hydrogen (secondary N) is 1. The van der Waals surface area contributed by atoms with Gasteiger partial charge in [-0.3, -0.25) is 9.59 Å². The van der Waals surface area contributed by atoms with Crippen molar-refractivity contribution in [3.8, 4) is 0 Å². The van der Waals surface area contributed by atoms with E-state index in [2.05, 4.69) is 31.3 Å². The van der Waals surface area contributed by atoms with Crippen molar-refractivity contribution in [3.63, 3.8) is 0 Å². The summed E-state index contributed by atoms with van der Waals surface area (Å²) in [7, 11) is 0. The van der Waals surface area contributed by atoms with E-state index < -0.39 is 12.1 Å². The van der Waals surface area contributed by atoms with Crippen molar-refractivity contribution >= 4 is 11.9 Å². The Hall–Kier alpha value is -1.66. The van der Waals surface area contributed by atoms with E-state index in [0.29, 0.717) is 19.4 Å². The summed E-state index contributed by atoms with van der Waals surface area (Å²) in [6.07, 6.45) is 82.5. The molecule has 0 saturated carbocycles. The molecule has 0 bridgehead atoms. The van der Waals surface area contributed by atoms with Gasteiger partial charge in [0.2, 0.25) is 5.91 Å². The molecule has 0 aliphatic rings. The number of rotatable bonds is 65. The first kappa shape index (κ1) is 74.3. The highest BCUT2D eigenvalue weighted by molar-refractivity contribution is 5.76. The third kappa shape index (κ3) is 61.6. The highest BCUT2D eigenvalue weighted by atomic mass is 16.5. The maximum atomic E-state index is 12.5. The number of carbonyl (C=O) groups is 2. The van der Waals surface area contributed by atoms with Crippen LogP contribution in [0.5, 0.6) is 0 Å². The van der Waals surface area contributed by atoms with Gasteiger partial charge in [-0.15, -0.1) is 0 Å². The number of aliphatic hydroxyl groups excluding tert-OH is 2. The van der Waals surface area contributed by atoms with Crippen molar-refractivity contribution in [1.82, 2.24) is 5.32 Å². The number of hydrogen-bond donors (Lipinski definition) is 3. The van der Waals surface area contributed by atoms with Gasteiger partial charge in [0.15, 0.2) is 0 Å². The SMILES string of the molecule is CCCCCCCCCCCCCCCCCCCC/C=C/C(O)C(CO)NC(=O)CCCCCCCCCCC/C=C\CCCCCCCCCCCCCCOC(=O)CCCCCCCCCCCCCCCC. The van der Waals surface area contributed by atoms with Crippen molar-refractivity contribution in [2.24, 2.45) is 0 Å². The smallest absolute Gasteiger partial charge is 0.305 e. The minimum Gasteiger partial charge on any atom is -0.466 e. The molecule has 2 unspecified atom stereocenters. The van der Waals surface area contributed by atoms with Gasteiger partial charge >= 0.3 is 5.97 Å². The average Bonchev–Trinajstić information content (AvgIpc) is 3.42. The summed E-state index contributed by atoms with van der Waals surface area (Å²) in [6, 6.07) is -0.631. The fourth-order valence-electron chi connectivity index (χ4n) is 10.9. The molecular weight excluding hydrogens is 935 g/mol. The Kier molecular flexibility index (Phi) is 64.4. The van der Waals surface area contributed by atoms with Crippen LogP contribution in [0.1, 0.15) is 386 Å². The largest absolute Gasteiger partial charge is 0.466 e. The standard InChI is InChI=1S/C70H135NO5/c1-3-5-7-9-11-13-15-17-19-20-21-29-32-35-38-42-46-50-54-58-62-68(73)67(66-72)71-69(74)63-59-55-51-47-43-39-36-33-30-27-25-23-22-24-26-28-31-34-37-41-45-49-53-57-61-65-76-70(75)64-60-56-52-48-44-40-18-16-14-12-10-8-6-4-2/h23,25,58,62,67-68,72-73H,3-22,24,26-57,59-61,63-66H2,1-2H3,(H,71,74)/b25-23-,62-58+. The van der Waals surface area contributed by atoms with Gasteiger partial charge in [0, 0.05) is 12.8 Å². The normalized spacial score (nSPS) is 12.6. The molecule has 0 aromatic carbocycles. The molecule has 2 atom stereocenters. The van der Waals surface area contributed by atoms with Crippen molar-refractivity contribution in [3.05, 3.63) is 24.3 Å². The molecule has 0 radical (unpaired) electrons. The zero-order chi connectivity index (χ0) is 55.0. The van der Waals surface area contributed by atoms with E-state index in [1.807, 2.05) is 6.08 Å². The third-order valence-electron chi connectivity index (χ3n) is 16.2. The molecule has 0 aromatic heterocycles. The second-order valence-corrected chi connectivity index (χ2v) is 23.9. The molecule has 6 heteroatoms. The van der Waals surface area contributed by atoms with Crippen LogP contribution in [0.2, 0.25) is 0 Å². The minimum absolute atomic E-state index is 0.0160. The van der Waals surface area contributed by atoms with E-state index in [-0.39, 0.29) is 18.5 Å². The number of carbonyl (C=O) groups excluding carboxylic acids is 2. The second-order valence-electron chi connectivity index (χ2n) is 23.9. The van der Waals surface area contributed by atoms with Gasteiger partial charge in [0.25, 0.3) is 0 Å². The monoisotopic (exact) mass is 1070 g/mol. The van der Waals surface area contributed by atoms with Crippen LogP contribution in [0, 0.1) is 0 Å². The summed E-state index contributed by atoms with van der Waals surface area (Å²) in [4.78, 5) is 24.6. The van der Waals surface area contributed by atoms with E-state index in [9.17, 15) is 19.8 Å². The second kappa shape index (κ2) is 65.9. The molecule has 0 fully saturated rings. The van der Waals surface area contributed by atoms with Crippen LogP contribution < -0.4 is 5.32 Å². The summed E-state index contributed by atoms with van der Waals surface area (Å²) in [5.41, 5.74) is 0. The van der Waals surface area contributed by atoms with E-state index in [1.165, 1.54) is 321 Å². The number of allylic oxidation sites excluding steroid dienone is 3. The quantitative estimate of drug-likeness (QED) is 0.0320. The first-order chi connectivity index (χ1) is 37.5. The Morgan fingerprint density at radius 3 is 0.934 bits per heavy atom. The van der Waals surface area contributed by atoms with Crippen LogP contribution in [-0.2, 0) is 14.3 Å². The zero-order valence-electron chi connectivity index (χ0n) is 51.5. The Morgan fingerprint density at radius 2 is 0.618 bits per heavy atom. The summed E-state index contributed by atoms with van der Waals surface area (Å²) >= 11 is 0. The van der Waals surface area contributed by atoms with Gasteiger partial charge in [0.05, 0.1) is 25.4 Å². The van der Waals surface area contributed by atoms with Crippen LogP contribution in [-0.4, -0.2) is 47.4 Å². The fraction of sp³-hybridized carbons (Fsp3) is 0.914. The van der Waals surface area contributed by atoms with E-state index >= 15 is 0 Å². The molecule has 0 spiro atoms. The van der Waals surface area contributed by atoms with Crippen LogP contribution in [0.3, 0.4) is 0 Å². The Balaban J connectivity index is 3.42. The van der Waals surface area contributed by atoms with E-state index in [4.69, 9.17) is 4.74 Å². The molecule has 0 rings (SSSR count). The topological polar surface area (TPSA) is 95.9 Å². The van der Waals surface area contributed by atoms with Crippen LogP contribution in [0.15, 0.2) is 24.3 Å².